The number of hydrogen-bond acceptors (Lipinski definition) is 4. The van der Waals surface area contributed by atoms with Crippen LogP contribution in [0.2, 0.25) is 0 Å². The second-order valence-electron chi connectivity index (χ2n) is 7.01. The molecule has 4 rings (SSSR count). The monoisotopic (exact) mass is 395 g/mol. The number of rotatable bonds is 6. The van der Waals surface area contributed by atoms with E-state index in [1.807, 2.05) is 50.4 Å². The van der Waals surface area contributed by atoms with Gasteiger partial charge in [-0.25, -0.2) is 0 Å². The molecule has 28 heavy (non-hydrogen) atoms. The molecule has 0 spiro atoms. The summed E-state index contributed by atoms with van der Waals surface area (Å²) < 4.78 is 11.5. The molecule has 0 bridgehead atoms. The molecule has 0 radical (unpaired) electrons. The molecule has 4 aromatic rings. The van der Waals surface area contributed by atoms with Gasteiger partial charge in [0.05, 0.1) is 19.8 Å². The molecule has 0 aliphatic heterocycles. The summed E-state index contributed by atoms with van der Waals surface area (Å²) in [4.78, 5) is 14.0. The third-order valence-corrected chi connectivity index (χ3v) is 5.88. The highest BCUT2D eigenvalue weighted by molar-refractivity contribution is 7.07. The fourth-order valence-corrected chi connectivity index (χ4v) is 4.02. The Bertz CT molecular complexity index is 1120. The Morgan fingerprint density at radius 2 is 2.04 bits per heavy atom. The molecule has 2 atom stereocenters. The number of hydrogen-bond donors (Lipinski definition) is 2. The number of fused-ring (bicyclic) bond motifs is 3. The van der Waals surface area contributed by atoms with Gasteiger partial charge in [0.1, 0.15) is 23.5 Å². The van der Waals surface area contributed by atoms with Gasteiger partial charge in [0.15, 0.2) is 6.04 Å². The third-order valence-electron chi connectivity index (χ3n) is 5.15. The summed E-state index contributed by atoms with van der Waals surface area (Å²) in [6.45, 7) is 2.74. The molecule has 0 aliphatic carbocycles. The van der Waals surface area contributed by atoms with Crippen LogP contribution in [0.5, 0.6) is 5.75 Å². The van der Waals surface area contributed by atoms with Gasteiger partial charge >= 0.3 is 0 Å². The Balaban J connectivity index is 1.59. The van der Waals surface area contributed by atoms with E-state index in [0.717, 1.165) is 33.4 Å². The number of likely N-dealkylation sites (N-methyl/N-ethyl adjacent to an activating group) is 1. The number of thiophene rings is 1. The van der Waals surface area contributed by atoms with Gasteiger partial charge in [-0.1, -0.05) is 18.2 Å². The summed E-state index contributed by atoms with van der Waals surface area (Å²) in [5, 5.41) is 9.19. The molecule has 144 valence electrons. The summed E-state index contributed by atoms with van der Waals surface area (Å²) >= 11 is 1.67. The van der Waals surface area contributed by atoms with E-state index in [2.05, 4.69) is 22.1 Å². The highest BCUT2D eigenvalue weighted by Crippen LogP contribution is 2.36. The highest BCUT2D eigenvalue weighted by atomic mass is 32.1. The van der Waals surface area contributed by atoms with Crippen molar-refractivity contribution in [2.45, 2.75) is 19.5 Å². The summed E-state index contributed by atoms with van der Waals surface area (Å²) in [7, 11) is 3.64. The van der Waals surface area contributed by atoms with E-state index in [-0.39, 0.29) is 11.9 Å². The van der Waals surface area contributed by atoms with Crippen molar-refractivity contribution < 1.29 is 18.8 Å². The lowest BCUT2D eigenvalue weighted by Crippen LogP contribution is -3.12. The summed E-state index contributed by atoms with van der Waals surface area (Å²) in [5.74, 6) is 0.566. The predicted octanol–water partition coefficient (Wildman–Crippen LogP) is 3.70. The molecular weight excluding hydrogens is 372 g/mol. The number of methoxy groups -OCH3 is 1. The van der Waals surface area contributed by atoms with Crippen LogP contribution in [0.3, 0.4) is 0 Å². The summed E-state index contributed by atoms with van der Waals surface area (Å²) in [5.41, 5.74) is 3.40. The van der Waals surface area contributed by atoms with Gasteiger partial charge in [-0.15, -0.1) is 0 Å². The van der Waals surface area contributed by atoms with Crippen molar-refractivity contribution in [1.29, 1.82) is 0 Å². The van der Waals surface area contributed by atoms with Crippen molar-refractivity contribution in [2.24, 2.45) is 0 Å². The molecule has 0 fully saturated rings. The first-order valence-corrected chi connectivity index (χ1v) is 10.1. The first-order chi connectivity index (χ1) is 13.6. The van der Waals surface area contributed by atoms with Crippen LogP contribution in [0.4, 0.5) is 5.69 Å². The third kappa shape index (κ3) is 3.48. The van der Waals surface area contributed by atoms with Crippen LogP contribution in [0.1, 0.15) is 12.5 Å². The minimum Gasteiger partial charge on any atom is -0.495 e. The number of carbonyl (C=O) groups is 1. The number of carbonyl (C=O) groups excluding carboxylic acids is 1. The Hall–Kier alpha value is -2.83. The standard InChI is InChI=1S/C22H22N2O3S/c1-14(24(2)12-15-8-9-28-13-15)22(25)23-18-11-20-17(10-21(18)26-3)16-6-4-5-7-19(16)27-20/h4-11,13-14H,12H2,1-3H3,(H,23,25)/p+1/t14-/m1/s1. The van der Waals surface area contributed by atoms with Crippen LogP contribution in [0.15, 0.2) is 57.6 Å². The van der Waals surface area contributed by atoms with Crippen molar-refractivity contribution in [1.82, 2.24) is 0 Å². The molecule has 1 unspecified atom stereocenters. The van der Waals surface area contributed by atoms with E-state index in [1.54, 1.807) is 18.4 Å². The molecular formula is C22H23N2O3S+. The maximum Gasteiger partial charge on any atom is 0.282 e. The summed E-state index contributed by atoms with van der Waals surface area (Å²) in [6.07, 6.45) is 0. The molecule has 0 saturated carbocycles. The van der Waals surface area contributed by atoms with Crippen molar-refractivity contribution in [2.75, 3.05) is 19.5 Å². The van der Waals surface area contributed by atoms with E-state index in [1.165, 1.54) is 5.56 Å². The van der Waals surface area contributed by atoms with Crippen molar-refractivity contribution in [3.8, 4) is 5.75 Å². The molecule has 0 aliphatic rings. The molecule has 2 aromatic carbocycles. The van der Waals surface area contributed by atoms with Gasteiger partial charge in [-0.05, 0) is 35.9 Å². The lowest BCUT2D eigenvalue weighted by atomic mass is 10.1. The number of ether oxygens (including phenoxy) is 1. The molecule has 2 aromatic heterocycles. The number of furan rings is 1. The van der Waals surface area contributed by atoms with E-state index in [9.17, 15) is 4.79 Å². The number of nitrogens with one attached hydrogen (secondary N) is 2. The van der Waals surface area contributed by atoms with Gasteiger partial charge in [-0.2, -0.15) is 11.3 Å². The molecule has 0 saturated heterocycles. The van der Waals surface area contributed by atoms with Crippen molar-refractivity contribution in [3.05, 3.63) is 58.8 Å². The van der Waals surface area contributed by atoms with Crippen LogP contribution in [-0.2, 0) is 11.3 Å². The first-order valence-electron chi connectivity index (χ1n) is 9.20. The second-order valence-corrected chi connectivity index (χ2v) is 7.79. The quantitative estimate of drug-likeness (QED) is 0.523. The molecule has 6 heteroatoms. The zero-order valence-electron chi connectivity index (χ0n) is 16.1. The molecule has 2 heterocycles. The zero-order valence-corrected chi connectivity index (χ0v) is 16.9. The van der Waals surface area contributed by atoms with Gasteiger partial charge in [-0.3, -0.25) is 4.79 Å². The van der Waals surface area contributed by atoms with Gasteiger partial charge in [0.2, 0.25) is 0 Å². The smallest absolute Gasteiger partial charge is 0.282 e. The number of anilines is 1. The van der Waals surface area contributed by atoms with E-state index >= 15 is 0 Å². The average molecular weight is 396 g/mol. The minimum atomic E-state index is -0.212. The fourth-order valence-electron chi connectivity index (χ4n) is 3.35. The average Bonchev–Trinajstić information content (AvgIpc) is 3.33. The lowest BCUT2D eigenvalue weighted by Gasteiger charge is -2.21. The predicted molar refractivity (Wildman–Crippen MR) is 113 cm³/mol. The Kier molecular flexibility index (Phi) is 5.07. The van der Waals surface area contributed by atoms with Gasteiger partial charge < -0.3 is 19.4 Å². The fraction of sp³-hybridized carbons (Fsp3) is 0.227. The van der Waals surface area contributed by atoms with Crippen molar-refractivity contribution in [3.63, 3.8) is 0 Å². The highest BCUT2D eigenvalue weighted by Gasteiger charge is 2.24. The Morgan fingerprint density at radius 1 is 1.21 bits per heavy atom. The normalized spacial score (nSPS) is 13.5. The SMILES string of the molecule is COc1cc2c(cc1NC(=O)[C@@H](C)[NH+](C)Cc1ccsc1)oc1ccccc12. The summed E-state index contributed by atoms with van der Waals surface area (Å²) in [6, 6.07) is 13.5. The Labute approximate surface area is 167 Å². The van der Waals surface area contributed by atoms with Crippen LogP contribution >= 0.6 is 11.3 Å². The van der Waals surface area contributed by atoms with Crippen LogP contribution < -0.4 is 15.0 Å². The van der Waals surface area contributed by atoms with Crippen LogP contribution in [0, 0.1) is 0 Å². The van der Waals surface area contributed by atoms with Crippen molar-refractivity contribution >= 4 is 44.9 Å². The number of para-hydroxylation sites is 1. The topological polar surface area (TPSA) is 55.9 Å². The maximum atomic E-state index is 12.8. The van der Waals surface area contributed by atoms with Gasteiger partial charge in [0, 0.05) is 22.4 Å². The maximum absolute atomic E-state index is 12.8. The number of amides is 1. The zero-order chi connectivity index (χ0) is 19.7. The second kappa shape index (κ2) is 7.66. The minimum absolute atomic E-state index is 0.0542. The first kappa shape index (κ1) is 18.5. The van der Waals surface area contributed by atoms with E-state index in [0.29, 0.717) is 11.4 Å². The van der Waals surface area contributed by atoms with Crippen LogP contribution in [-0.4, -0.2) is 26.1 Å². The molecule has 5 nitrogen and oxygen atoms in total. The van der Waals surface area contributed by atoms with Crippen LogP contribution in [0.25, 0.3) is 21.9 Å². The lowest BCUT2D eigenvalue weighted by molar-refractivity contribution is -0.907. The number of quaternary nitrogens is 1. The molecule has 1 amide bonds. The number of benzene rings is 2. The largest absolute Gasteiger partial charge is 0.495 e. The van der Waals surface area contributed by atoms with E-state index < -0.39 is 0 Å². The van der Waals surface area contributed by atoms with E-state index in [4.69, 9.17) is 9.15 Å². The van der Waals surface area contributed by atoms with Gasteiger partial charge in [0.25, 0.3) is 5.91 Å². The Morgan fingerprint density at radius 3 is 2.79 bits per heavy atom. The molecule has 2 N–H and O–H groups in total.